The van der Waals surface area contributed by atoms with E-state index in [4.69, 9.17) is 0 Å². The van der Waals surface area contributed by atoms with Crippen molar-refractivity contribution in [3.05, 3.63) is 0 Å². The highest BCUT2D eigenvalue weighted by molar-refractivity contribution is 5.07. The van der Waals surface area contributed by atoms with Gasteiger partial charge in [-0.25, -0.2) is 0 Å². The highest BCUT2D eigenvalue weighted by Gasteiger charge is 2.54. The van der Waals surface area contributed by atoms with Gasteiger partial charge in [-0.3, -0.25) is 4.90 Å². The van der Waals surface area contributed by atoms with Crippen LogP contribution in [0.5, 0.6) is 0 Å². The zero-order valence-corrected chi connectivity index (χ0v) is 13.7. The molecule has 5 aliphatic rings. The van der Waals surface area contributed by atoms with Gasteiger partial charge >= 0.3 is 0 Å². The number of fused-ring (bicyclic) bond motifs is 4. The van der Waals surface area contributed by atoms with Crippen LogP contribution in [0.15, 0.2) is 0 Å². The quantitative estimate of drug-likeness (QED) is 0.606. The van der Waals surface area contributed by atoms with Crippen LogP contribution in [-0.4, -0.2) is 23.0 Å². The van der Waals surface area contributed by atoms with Crippen molar-refractivity contribution < 1.29 is 0 Å². The SMILES string of the molecule is C1C[C@@H]2C[C@@H]3CCCC[C@H]3N3C2[C@@H](C1)C[C@H]1CCCC[C@H]13. The van der Waals surface area contributed by atoms with Crippen molar-refractivity contribution in [1.29, 1.82) is 0 Å². The van der Waals surface area contributed by atoms with Crippen LogP contribution in [-0.2, 0) is 0 Å². The Balaban J connectivity index is 1.51. The molecule has 5 fully saturated rings. The number of rotatable bonds is 0. The highest BCUT2D eigenvalue weighted by Crippen LogP contribution is 2.54. The van der Waals surface area contributed by atoms with E-state index in [2.05, 4.69) is 4.90 Å². The Kier molecular flexibility index (Phi) is 3.35. The predicted octanol–water partition coefficient (Wildman–Crippen LogP) is 5.00. The third-order valence-electron chi connectivity index (χ3n) is 8.17. The fourth-order valence-electron chi connectivity index (χ4n) is 7.55. The van der Waals surface area contributed by atoms with Crippen molar-refractivity contribution in [2.24, 2.45) is 23.7 Å². The van der Waals surface area contributed by atoms with Crippen molar-refractivity contribution in [2.75, 3.05) is 0 Å². The van der Waals surface area contributed by atoms with Crippen LogP contribution >= 0.6 is 0 Å². The Hall–Kier alpha value is -0.0400. The van der Waals surface area contributed by atoms with Gasteiger partial charge in [-0.1, -0.05) is 32.1 Å². The smallest absolute Gasteiger partial charge is 0.0158 e. The van der Waals surface area contributed by atoms with E-state index in [-0.39, 0.29) is 0 Å². The summed E-state index contributed by atoms with van der Waals surface area (Å²) in [5.74, 6) is 4.34. The van der Waals surface area contributed by atoms with E-state index in [1.165, 1.54) is 25.7 Å². The third-order valence-corrected chi connectivity index (χ3v) is 8.17. The lowest BCUT2D eigenvalue weighted by Crippen LogP contribution is -2.67. The minimum absolute atomic E-state index is 1.01. The molecule has 2 heterocycles. The average molecular weight is 287 g/mol. The minimum Gasteiger partial charge on any atom is -0.293 e. The molecular weight excluding hydrogens is 254 g/mol. The molecule has 0 N–H and O–H groups in total. The van der Waals surface area contributed by atoms with Crippen molar-refractivity contribution in [3.63, 3.8) is 0 Å². The standard InChI is InChI=1S/C20H33N/c1-3-10-18-14(6-1)12-16-8-5-9-17-13-15-7-2-4-11-19(15)21(18)20(16)17/h14-20H,1-13H2/t14-,15+,16+,17-,18-,19-,20?/m1/s1. The minimum atomic E-state index is 1.01. The van der Waals surface area contributed by atoms with E-state index in [0.717, 1.165) is 41.8 Å². The van der Waals surface area contributed by atoms with Gasteiger partial charge in [0, 0.05) is 18.1 Å². The zero-order chi connectivity index (χ0) is 13.8. The van der Waals surface area contributed by atoms with Crippen LogP contribution in [0.1, 0.15) is 83.5 Å². The first-order valence-electron chi connectivity index (χ1n) is 10.2. The summed E-state index contributed by atoms with van der Waals surface area (Å²) < 4.78 is 0. The molecule has 0 spiro atoms. The van der Waals surface area contributed by atoms with Crippen molar-refractivity contribution in [2.45, 2.75) is 102 Å². The molecule has 2 saturated heterocycles. The first-order valence-corrected chi connectivity index (χ1v) is 10.2. The average Bonchev–Trinajstić information content (AvgIpc) is 2.54. The summed E-state index contributed by atoms with van der Waals surface area (Å²) in [6.45, 7) is 0. The molecule has 3 saturated carbocycles. The van der Waals surface area contributed by atoms with E-state index in [1.54, 1.807) is 57.8 Å². The largest absolute Gasteiger partial charge is 0.293 e. The Morgan fingerprint density at radius 3 is 1.52 bits per heavy atom. The monoisotopic (exact) mass is 287 g/mol. The number of hydrogen-bond donors (Lipinski definition) is 0. The molecule has 3 aliphatic carbocycles. The fourth-order valence-corrected chi connectivity index (χ4v) is 7.55. The lowest BCUT2D eigenvalue weighted by Gasteiger charge is -2.63. The van der Waals surface area contributed by atoms with Gasteiger partial charge in [-0.05, 0) is 75.0 Å². The van der Waals surface area contributed by atoms with Gasteiger partial charge in [0.25, 0.3) is 0 Å². The van der Waals surface area contributed by atoms with E-state index < -0.39 is 0 Å². The summed E-state index contributed by atoms with van der Waals surface area (Å²) in [6, 6.07) is 3.04. The zero-order valence-electron chi connectivity index (χ0n) is 13.7. The Labute approximate surface area is 130 Å². The molecule has 118 valence electrons. The van der Waals surface area contributed by atoms with Crippen molar-refractivity contribution in [1.82, 2.24) is 4.90 Å². The second-order valence-corrected chi connectivity index (χ2v) is 9.08. The van der Waals surface area contributed by atoms with Crippen LogP contribution < -0.4 is 0 Å². The second kappa shape index (κ2) is 5.25. The lowest BCUT2D eigenvalue weighted by atomic mass is 9.58. The van der Waals surface area contributed by atoms with Crippen molar-refractivity contribution in [3.8, 4) is 0 Å². The van der Waals surface area contributed by atoms with Crippen LogP contribution in [0.4, 0.5) is 0 Å². The lowest BCUT2D eigenvalue weighted by molar-refractivity contribution is -0.140. The van der Waals surface area contributed by atoms with Gasteiger partial charge in [0.2, 0.25) is 0 Å². The van der Waals surface area contributed by atoms with Crippen LogP contribution in [0.25, 0.3) is 0 Å². The van der Waals surface area contributed by atoms with E-state index in [1.807, 2.05) is 0 Å². The van der Waals surface area contributed by atoms with Gasteiger partial charge in [0.15, 0.2) is 0 Å². The van der Waals surface area contributed by atoms with Crippen LogP contribution in [0.2, 0.25) is 0 Å². The molecule has 2 aliphatic heterocycles. The molecule has 1 heteroatoms. The van der Waals surface area contributed by atoms with E-state index in [0.29, 0.717) is 0 Å². The molecule has 1 nitrogen and oxygen atoms in total. The normalized spacial score (nSPS) is 53.4. The molecule has 0 aromatic heterocycles. The van der Waals surface area contributed by atoms with E-state index >= 15 is 0 Å². The third kappa shape index (κ3) is 2.06. The molecule has 21 heavy (non-hydrogen) atoms. The van der Waals surface area contributed by atoms with Gasteiger partial charge < -0.3 is 0 Å². The summed E-state index contributed by atoms with van der Waals surface area (Å²) in [4.78, 5) is 3.22. The molecule has 1 unspecified atom stereocenters. The maximum atomic E-state index is 3.22. The molecule has 0 aromatic rings. The number of nitrogens with zero attached hydrogens (tertiary/aromatic N) is 1. The Bertz CT molecular complexity index is 357. The molecule has 0 radical (unpaired) electrons. The molecule has 0 amide bonds. The summed E-state index contributed by atoms with van der Waals surface area (Å²) in [6.07, 6.45) is 20.2. The number of hydrogen-bond acceptors (Lipinski definition) is 1. The maximum absolute atomic E-state index is 3.22. The number of piperidine rings is 2. The second-order valence-electron chi connectivity index (χ2n) is 9.08. The Morgan fingerprint density at radius 2 is 0.952 bits per heavy atom. The van der Waals surface area contributed by atoms with E-state index in [9.17, 15) is 0 Å². The molecule has 7 atom stereocenters. The van der Waals surface area contributed by atoms with Gasteiger partial charge in [0.1, 0.15) is 0 Å². The highest BCUT2D eigenvalue weighted by atomic mass is 15.3. The van der Waals surface area contributed by atoms with Crippen LogP contribution in [0, 0.1) is 23.7 Å². The molecular formula is C20H33N. The molecule has 5 rings (SSSR count). The fraction of sp³-hybridized carbons (Fsp3) is 1.00. The predicted molar refractivity (Wildman–Crippen MR) is 87.2 cm³/mol. The molecule has 0 aromatic carbocycles. The summed E-state index contributed by atoms with van der Waals surface area (Å²) in [7, 11) is 0. The maximum Gasteiger partial charge on any atom is 0.0158 e. The summed E-state index contributed by atoms with van der Waals surface area (Å²) in [5, 5.41) is 0. The summed E-state index contributed by atoms with van der Waals surface area (Å²) >= 11 is 0. The van der Waals surface area contributed by atoms with Crippen molar-refractivity contribution >= 4 is 0 Å². The first-order chi connectivity index (χ1) is 10.4. The van der Waals surface area contributed by atoms with Gasteiger partial charge in [-0.15, -0.1) is 0 Å². The molecule has 0 bridgehead atoms. The topological polar surface area (TPSA) is 3.24 Å². The Morgan fingerprint density at radius 1 is 0.476 bits per heavy atom. The van der Waals surface area contributed by atoms with Gasteiger partial charge in [-0.2, -0.15) is 0 Å². The first kappa shape index (κ1) is 13.4. The summed E-state index contributed by atoms with van der Waals surface area (Å²) in [5.41, 5.74) is 0. The van der Waals surface area contributed by atoms with Gasteiger partial charge in [0.05, 0.1) is 0 Å². The van der Waals surface area contributed by atoms with Crippen LogP contribution in [0.3, 0.4) is 0 Å².